The minimum absolute atomic E-state index is 1.01. The molecule has 1 aliphatic rings. The highest BCUT2D eigenvalue weighted by Gasteiger charge is 2.20. The van der Waals surface area contributed by atoms with Gasteiger partial charge in [-0.3, -0.25) is 0 Å². The molecule has 0 heterocycles. The molecule has 1 saturated carbocycles. The van der Waals surface area contributed by atoms with Crippen LogP contribution in [0, 0.1) is 11.8 Å². The number of hydrogen-bond donors (Lipinski definition) is 0. The van der Waals surface area contributed by atoms with Crippen molar-refractivity contribution in [3.8, 4) is 0 Å². The fourth-order valence-corrected chi connectivity index (χ4v) is 2.28. The molecular weight excluding hydrogens is 146 g/mol. The zero-order valence-corrected chi connectivity index (χ0v) is 8.84. The third kappa shape index (κ3) is 3.57. The average Bonchev–Trinajstić information content (AvgIpc) is 2.35. The van der Waals surface area contributed by atoms with E-state index in [0.29, 0.717) is 0 Å². The standard InChI is InChI=1S/C11H23N/c1-10-6-7-11(9-10)5-4-8-12(2)3/h10-11H,4-9H2,1-3H3. The van der Waals surface area contributed by atoms with E-state index in [1.54, 1.807) is 0 Å². The van der Waals surface area contributed by atoms with Crippen molar-refractivity contribution in [3.05, 3.63) is 0 Å². The van der Waals surface area contributed by atoms with Crippen LogP contribution in [0.5, 0.6) is 0 Å². The van der Waals surface area contributed by atoms with Crippen LogP contribution < -0.4 is 0 Å². The first kappa shape index (κ1) is 10.0. The van der Waals surface area contributed by atoms with Crippen LogP contribution in [0.25, 0.3) is 0 Å². The Kier molecular flexibility index (Phi) is 4.07. The fraction of sp³-hybridized carbons (Fsp3) is 1.00. The molecule has 0 spiro atoms. The van der Waals surface area contributed by atoms with E-state index in [4.69, 9.17) is 0 Å². The van der Waals surface area contributed by atoms with Crippen LogP contribution in [0.2, 0.25) is 0 Å². The predicted molar refractivity (Wildman–Crippen MR) is 54.3 cm³/mol. The Morgan fingerprint density at radius 1 is 1.25 bits per heavy atom. The molecule has 1 heteroatoms. The minimum atomic E-state index is 1.01. The van der Waals surface area contributed by atoms with Gasteiger partial charge in [0, 0.05) is 0 Å². The Morgan fingerprint density at radius 2 is 2.00 bits per heavy atom. The quantitative estimate of drug-likeness (QED) is 0.625. The Hall–Kier alpha value is -0.0400. The molecule has 1 rings (SSSR count). The maximum atomic E-state index is 2.39. The monoisotopic (exact) mass is 169 g/mol. The van der Waals surface area contributed by atoms with Crippen molar-refractivity contribution >= 4 is 0 Å². The molecule has 0 amide bonds. The lowest BCUT2D eigenvalue weighted by Gasteiger charge is -2.12. The molecule has 0 aromatic carbocycles. The first-order chi connectivity index (χ1) is 5.68. The normalized spacial score (nSPS) is 30.0. The van der Waals surface area contributed by atoms with Crippen LogP contribution >= 0.6 is 0 Å². The second-order valence-corrected chi connectivity index (χ2v) is 4.73. The second-order valence-electron chi connectivity index (χ2n) is 4.73. The summed E-state index contributed by atoms with van der Waals surface area (Å²) in [5, 5.41) is 0. The average molecular weight is 169 g/mol. The molecule has 0 aliphatic heterocycles. The first-order valence-corrected chi connectivity index (χ1v) is 5.33. The van der Waals surface area contributed by atoms with Gasteiger partial charge in [-0.2, -0.15) is 0 Å². The van der Waals surface area contributed by atoms with Gasteiger partial charge in [0.1, 0.15) is 0 Å². The molecule has 0 aromatic rings. The first-order valence-electron chi connectivity index (χ1n) is 5.33. The number of rotatable bonds is 4. The molecule has 1 nitrogen and oxygen atoms in total. The molecule has 72 valence electrons. The summed E-state index contributed by atoms with van der Waals surface area (Å²) in [6.45, 7) is 3.66. The van der Waals surface area contributed by atoms with Crippen LogP contribution in [-0.2, 0) is 0 Å². The van der Waals surface area contributed by atoms with Crippen molar-refractivity contribution in [2.75, 3.05) is 20.6 Å². The highest BCUT2D eigenvalue weighted by molar-refractivity contribution is 4.72. The Balaban J connectivity index is 2.00. The van der Waals surface area contributed by atoms with Crippen LogP contribution in [0.15, 0.2) is 0 Å². The lowest BCUT2D eigenvalue weighted by atomic mass is 10.0. The smallest absolute Gasteiger partial charge is 0.00247 e. The molecule has 12 heavy (non-hydrogen) atoms. The van der Waals surface area contributed by atoms with E-state index in [9.17, 15) is 0 Å². The topological polar surface area (TPSA) is 3.24 Å². The van der Waals surface area contributed by atoms with Gasteiger partial charge in [-0.1, -0.05) is 19.8 Å². The van der Waals surface area contributed by atoms with Crippen molar-refractivity contribution in [3.63, 3.8) is 0 Å². The summed E-state index contributed by atoms with van der Waals surface area (Å²) in [7, 11) is 4.33. The van der Waals surface area contributed by atoms with E-state index >= 15 is 0 Å². The van der Waals surface area contributed by atoms with Gasteiger partial charge in [0.15, 0.2) is 0 Å². The summed E-state index contributed by atoms with van der Waals surface area (Å²) in [6, 6.07) is 0. The maximum absolute atomic E-state index is 2.39. The summed E-state index contributed by atoms with van der Waals surface area (Å²) in [5.74, 6) is 2.06. The number of hydrogen-bond acceptors (Lipinski definition) is 1. The van der Waals surface area contributed by atoms with Gasteiger partial charge in [-0.05, 0) is 51.7 Å². The molecule has 0 aromatic heterocycles. The highest BCUT2D eigenvalue weighted by Crippen LogP contribution is 2.33. The van der Waals surface area contributed by atoms with Crippen molar-refractivity contribution in [2.24, 2.45) is 11.8 Å². The van der Waals surface area contributed by atoms with Crippen molar-refractivity contribution < 1.29 is 0 Å². The minimum Gasteiger partial charge on any atom is -0.309 e. The second kappa shape index (κ2) is 4.86. The van der Waals surface area contributed by atoms with Gasteiger partial charge >= 0.3 is 0 Å². The van der Waals surface area contributed by atoms with E-state index in [0.717, 1.165) is 11.8 Å². The van der Waals surface area contributed by atoms with Gasteiger partial charge in [0.25, 0.3) is 0 Å². The maximum Gasteiger partial charge on any atom is -0.00247 e. The predicted octanol–water partition coefficient (Wildman–Crippen LogP) is 2.76. The third-order valence-electron chi connectivity index (χ3n) is 3.02. The molecular formula is C11H23N. The molecule has 1 fully saturated rings. The highest BCUT2D eigenvalue weighted by atomic mass is 15.0. The number of nitrogens with zero attached hydrogens (tertiary/aromatic N) is 1. The summed E-state index contributed by atoms with van der Waals surface area (Å²) in [5.41, 5.74) is 0. The van der Waals surface area contributed by atoms with Crippen LogP contribution in [0.1, 0.15) is 39.0 Å². The third-order valence-corrected chi connectivity index (χ3v) is 3.02. The zero-order valence-electron chi connectivity index (χ0n) is 8.84. The van der Waals surface area contributed by atoms with Gasteiger partial charge in [-0.15, -0.1) is 0 Å². The fourth-order valence-electron chi connectivity index (χ4n) is 2.28. The molecule has 0 N–H and O–H groups in total. The summed E-state index contributed by atoms with van der Waals surface area (Å²) >= 11 is 0. The van der Waals surface area contributed by atoms with E-state index in [2.05, 4.69) is 25.9 Å². The summed E-state index contributed by atoms with van der Waals surface area (Å²) < 4.78 is 0. The van der Waals surface area contributed by atoms with E-state index < -0.39 is 0 Å². The Morgan fingerprint density at radius 3 is 2.50 bits per heavy atom. The largest absolute Gasteiger partial charge is 0.309 e. The van der Waals surface area contributed by atoms with Crippen LogP contribution in [0.4, 0.5) is 0 Å². The lowest BCUT2D eigenvalue weighted by molar-refractivity contribution is 0.364. The van der Waals surface area contributed by atoms with Gasteiger partial charge < -0.3 is 4.90 Å². The molecule has 2 unspecified atom stereocenters. The van der Waals surface area contributed by atoms with E-state index in [1.807, 2.05) is 0 Å². The molecule has 0 radical (unpaired) electrons. The molecule has 0 saturated heterocycles. The molecule has 0 bridgehead atoms. The van der Waals surface area contributed by atoms with E-state index in [1.165, 1.54) is 38.6 Å². The SMILES string of the molecule is CC1CCC(CCCN(C)C)C1. The van der Waals surface area contributed by atoms with Crippen molar-refractivity contribution in [1.29, 1.82) is 0 Å². The van der Waals surface area contributed by atoms with Crippen LogP contribution in [0.3, 0.4) is 0 Å². The van der Waals surface area contributed by atoms with Gasteiger partial charge in [-0.25, -0.2) is 0 Å². The Bertz CT molecular complexity index is 120. The Labute approximate surface area is 77.1 Å². The van der Waals surface area contributed by atoms with E-state index in [-0.39, 0.29) is 0 Å². The zero-order chi connectivity index (χ0) is 8.97. The summed E-state index contributed by atoms with van der Waals surface area (Å²) in [4.78, 5) is 2.29. The molecule has 1 aliphatic carbocycles. The molecule has 2 atom stereocenters. The van der Waals surface area contributed by atoms with Crippen molar-refractivity contribution in [2.45, 2.75) is 39.0 Å². The summed E-state index contributed by atoms with van der Waals surface area (Å²) in [6.07, 6.45) is 7.32. The van der Waals surface area contributed by atoms with Crippen LogP contribution in [-0.4, -0.2) is 25.5 Å². The van der Waals surface area contributed by atoms with Crippen molar-refractivity contribution in [1.82, 2.24) is 4.90 Å². The van der Waals surface area contributed by atoms with Gasteiger partial charge in [0.2, 0.25) is 0 Å². The lowest BCUT2D eigenvalue weighted by Crippen LogP contribution is -2.13. The van der Waals surface area contributed by atoms with Gasteiger partial charge in [0.05, 0.1) is 0 Å².